The van der Waals surface area contributed by atoms with Crippen LogP contribution in [0.2, 0.25) is 0 Å². The number of hydrogen-bond donors (Lipinski definition) is 0. The summed E-state index contributed by atoms with van der Waals surface area (Å²) >= 11 is 0. The second-order valence-electron chi connectivity index (χ2n) is 4.08. The van der Waals surface area contributed by atoms with E-state index in [1.165, 1.54) is 7.11 Å². The van der Waals surface area contributed by atoms with Crippen molar-refractivity contribution in [2.75, 3.05) is 13.7 Å². The van der Waals surface area contributed by atoms with Gasteiger partial charge in [-0.2, -0.15) is 5.26 Å². The van der Waals surface area contributed by atoms with Crippen molar-refractivity contribution >= 4 is 11.6 Å². The normalized spacial score (nSPS) is 10.3. The number of fused-ring (bicyclic) bond motifs is 1. The summed E-state index contributed by atoms with van der Waals surface area (Å²) in [5.74, 6) is -0.0198. The highest BCUT2D eigenvalue weighted by molar-refractivity contribution is 5.89. The third kappa shape index (κ3) is 2.18. The van der Waals surface area contributed by atoms with Crippen LogP contribution in [0.5, 0.6) is 5.75 Å². The summed E-state index contributed by atoms with van der Waals surface area (Å²) in [5, 5.41) is 9.12. The van der Waals surface area contributed by atoms with Crippen LogP contribution in [-0.4, -0.2) is 29.1 Å². The number of rotatable bonds is 4. The molecule has 0 aliphatic carbocycles. The van der Waals surface area contributed by atoms with E-state index < -0.39 is 5.97 Å². The van der Waals surface area contributed by atoms with Crippen molar-refractivity contribution in [3.63, 3.8) is 0 Å². The molecule has 0 saturated carbocycles. The van der Waals surface area contributed by atoms with Crippen molar-refractivity contribution < 1.29 is 14.3 Å². The van der Waals surface area contributed by atoms with Gasteiger partial charge in [-0.05, 0) is 13.3 Å². The van der Waals surface area contributed by atoms with Crippen LogP contribution in [0.4, 0.5) is 0 Å². The molecule has 0 bridgehead atoms. The largest absolute Gasteiger partial charge is 0.495 e. The molecular weight excluding hydrogens is 258 g/mol. The molecule has 104 valence electrons. The SMILES string of the molecule is CCOC(=O)c1nc2cc(OC)c(C#N)cn2c1CC. The fraction of sp³-hybridized carbons (Fsp3) is 0.357. The minimum Gasteiger partial charge on any atom is -0.495 e. The van der Waals surface area contributed by atoms with Crippen molar-refractivity contribution in [1.29, 1.82) is 5.26 Å². The Morgan fingerprint density at radius 3 is 2.80 bits per heavy atom. The summed E-state index contributed by atoms with van der Waals surface area (Å²) in [4.78, 5) is 16.2. The summed E-state index contributed by atoms with van der Waals surface area (Å²) < 4.78 is 11.9. The van der Waals surface area contributed by atoms with Gasteiger partial charge in [0.1, 0.15) is 23.0 Å². The Hall–Kier alpha value is -2.55. The number of nitrogens with zero attached hydrogens (tertiary/aromatic N) is 3. The van der Waals surface area contributed by atoms with E-state index in [1.807, 2.05) is 6.92 Å². The molecule has 2 heterocycles. The van der Waals surface area contributed by atoms with Gasteiger partial charge in [0.2, 0.25) is 0 Å². The Bertz CT molecular complexity index is 698. The Kier molecular flexibility index (Phi) is 3.89. The third-order valence-corrected chi connectivity index (χ3v) is 2.97. The molecule has 0 amide bonds. The van der Waals surface area contributed by atoms with Crippen LogP contribution in [0.25, 0.3) is 5.65 Å². The molecule has 0 unspecified atom stereocenters. The summed E-state index contributed by atoms with van der Waals surface area (Å²) in [7, 11) is 1.49. The fourth-order valence-electron chi connectivity index (χ4n) is 2.07. The molecule has 0 fully saturated rings. The third-order valence-electron chi connectivity index (χ3n) is 2.97. The molecule has 0 atom stereocenters. The van der Waals surface area contributed by atoms with Gasteiger partial charge in [0.25, 0.3) is 0 Å². The zero-order valence-corrected chi connectivity index (χ0v) is 11.6. The maximum atomic E-state index is 11.9. The van der Waals surface area contributed by atoms with E-state index in [2.05, 4.69) is 11.1 Å². The van der Waals surface area contributed by atoms with E-state index in [9.17, 15) is 4.79 Å². The number of nitriles is 1. The van der Waals surface area contributed by atoms with Crippen LogP contribution in [0.15, 0.2) is 12.3 Å². The van der Waals surface area contributed by atoms with Gasteiger partial charge in [0, 0.05) is 12.3 Å². The zero-order chi connectivity index (χ0) is 14.7. The van der Waals surface area contributed by atoms with Crippen LogP contribution in [0, 0.1) is 11.3 Å². The Morgan fingerprint density at radius 1 is 1.50 bits per heavy atom. The molecule has 0 N–H and O–H groups in total. The molecule has 6 heteroatoms. The fourth-order valence-corrected chi connectivity index (χ4v) is 2.07. The second kappa shape index (κ2) is 5.61. The second-order valence-corrected chi connectivity index (χ2v) is 4.08. The average Bonchev–Trinajstić information content (AvgIpc) is 2.83. The van der Waals surface area contributed by atoms with Gasteiger partial charge >= 0.3 is 5.97 Å². The lowest BCUT2D eigenvalue weighted by molar-refractivity contribution is 0.0519. The van der Waals surface area contributed by atoms with Crippen molar-refractivity contribution in [1.82, 2.24) is 9.38 Å². The van der Waals surface area contributed by atoms with Gasteiger partial charge in [0.15, 0.2) is 5.69 Å². The first-order valence-corrected chi connectivity index (χ1v) is 6.32. The van der Waals surface area contributed by atoms with Gasteiger partial charge in [-0.1, -0.05) is 6.92 Å². The van der Waals surface area contributed by atoms with Crippen LogP contribution in [0.1, 0.15) is 35.6 Å². The van der Waals surface area contributed by atoms with Gasteiger partial charge in [-0.3, -0.25) is 0 Å². The molecule has 2 rings (SSSR count). The van der Waals surface area contributed by atoms with Gasteiger partial charge in [0.05, 0.1) is 19.4 Å². The molecule has 20 heavy (non-hydrogen) atoms. The lowest BCUT2D eigenvalue weighted by atomic mass is 10.2. The van der Waals surface area contributed by atoms with Crippen LogP contribution in [0.3, 0.4) is 0 Å². The van der Waals surface area contributed by atoms with E-state index in [1.54, 1.807) is 23.6 Å². The highest BCUT2D eigenvalue weighted by Gasteiger charge is 2.20. The van der Waals surface area contributed by atoms with Crippen LogP contribution < -0.4 is 4.74 Å². The number of aryl methyl sites for hydroxylation is 1. The lowest BCUT2D eigenvalue weighted by Gasteiger charge is -2.05. The minimum absolute atomic E-state index is 0.284. The number of esters is 1. The first-order valence-electron chi connectivity index (χ1n) is 6.32. The summed E-state index contributed by atoms with van der Waals surface area (Å²) in [5.41, 5.74) is 1.95. The molecule has 0 spiro atoms. The quantitative estimate of drug-likeness (QED) is 0.796. The Labute approximate surface area is 116 Å². The Balaban J connectivity index is 2.68. The number of methoxy groups -OCH3 is 1. The van der Waals surface area contributed by atoms with E-state index in [4.69, 9.17) is 14.7 Å². The molecule has 0 saturated heterocycles. The van der Waals surface area contributed by atoms with Crippen molar-refractivity contribution in [2.24, 2.45) is 0 Å². The van der Waals surface area contributed by atoms with E-state index in [0.29, 0.717) is 30.0 Å². The minimum atomic E-state index is -0.453. The number of carbonyl (C=O) groups excluding carboxylic acids is 1. The van der Waals surface area contributed by atoms with E-state index >= 15 is 0 Å². The van der Waals surface area contributed by atoms with Crippen molar-refractivity contribution in [3.05, 3.63) is 29.2 Å². The molecular formula is C14H15N3O3. The number of imidazole rings is 1. The number of ether oxygens (including phenoxy) is 2. The first kappa shape index (κ1) is 13.9. The van der Waals surface area contributed by atoms with Gasteiger partial charge < -0.3 is 13.9 Å². The molecule has 0 aliphatic rings. The zero-order valence-electron chi connectivity index (χ0n) is 11.6. The standard InChI is InChI=1S/C14H15N3O3/c1-4-10-13(14(18)20-5-2)16-12-6-11(19-3)9(7-15)8-17(10)12/h6,8H,4-5H2,1-3H3. The molecule has 0 radical (unpaired) electrons. The molecule has 2 aromatic heterocycles. The summed E-state index contributed by atoms with van der Waals surface area (Å²) in [6, 6.07) is 3.70. The number of carbonyl (C=O) groups is 1. The number of hydrogen-bond acceptors (Lipinski definition) is 5. The summed E-state index contributed by atoms with van der Waals surface area (Å²) in [6.07, 6.45) is 2.23. The predicted molar refractivity (Wildman–Crippen MR) is 71.8 cm³/mol. The molecule has 2 aromatic rings. The summed E-state index contributed by atoms with van der Waals surface area (Å²) in [6.45, 7) is 3.96. The molecule has 0 aromatic carbocycles. The number of aromatic nitrogens is 2. The topological polar surface area (TPSA) is 76.6 Å². The van der Waals surface area contributed by atoms with E-state index in [0.717, 1.165) is 5.69 Å². The number of pyridine rings is 1. The maximum Gasteiger partial charge on any atom is 0.358 e. The molecule has 0 aliphatic heterocycles. The highest BCUT2D eigenvalue weighted by atomic mass is 16.5. The maximum absolute atomic E-state index is 11.9. The van der Waals surface area contributed by atoms with Crippen LogP contribution in [-0.2, 0) is 11.2 Å². The predicted octanol–water partition coefficient (Wildman–Crippen LogP) is 1.95. The van der Waals surface area contributed by atoms with Gasteiger partial charge in [-0.15, -0.1) is 0 Å². The van der Waals surface area contributed by atoms with Crippen molar-refractivity contribution in [3.8, 4) is 11.8 Å². The van der Waals surface area contributed by atoms with Gasteiger partial charge in [-0.25, -0.2) is 9.78 Å². The lowest BCUT2D eigenvalue weighted by Crippen LogP contribution is -2.08. The monoisotopic (exact) mass is 273 g/mol. The first-order chi connectivity index (χ1) is 9.65. The van der Waals surface area contributed by atoms with Crippen molar-refractivity contribution in [2.45, 2.75) is 20.3 Å². The Morgan fingerprint density at radius 2 is 2.25 bits per heavy atom. The van der Waals surface area contributed by atoms with Crippen LogP contribution >= 0.6 is 0 Å². The average molecular weight is 273 g/mol. The van der Waals surface area contributed by atoms with E-state index in [-0.39, 0.29) is 5.69 Å². The molecule has 6 nitrogen and oxygen atoms in total. The smallest absolute Gasteiger partial charge is 0.358 e. The highest BCUT2D eigenvalue weighted by Crippen LogP contribution is 2.23.